The highest BCUT2D eigenvalue weighted by atomic mass is 35.5. The number of hydrogen-bond donors (Lipinski definition) is 1. The fraction of sp³-hybridized carbons (Fsp3) is 0.294. The number of carbonyl (C=O) groups is 1. The highest BCUT2D eigenvalue weighted by Gasteiger charge is 2.20. The van der Waals surface area contributed by atoms with Crippen LogP contribution in [-0.4, -0.2) is 24.6 Å². The minimum absolute atomic E-state index is 0.0520. The van der Waals surface area contributed by atoms with Crippen molar-refractivity contribution in [3.63, 3.8) is 0 Å². The Morgan fingerprint density at radius 3 is 2.52 bits per heavy atom. The molecule has 142 valence electrons. The van der Waals surface area contributed by atoms with Crippen molar-refractivity contribution in [3.05, 3.63) is 61.0 Å². The summed E-state index contributed by atoms with van der Waals surface area (Å²) in [5.74, 6) is -0.375. The van der Waals surface area contributed by atoms with Gasteiger partial charge in [0, 0.05) is 19.1 Å². The molecule has 0 aliphatic rings. The van der Waals surface area contributed by atoms with Crippen molar-refractivity contribution < 1.29 is 4.79 Å². The van der Waals surface area contributed by atoms with Crippen molar-refractivity contribution in [2.45, 2.75) is 19.5 Å². The molecule has 0 radical (unpaired) electrons. The minimum Gasteiger partial charge on any atom is -0.348 e. The van der Waals surface area contributed by atoms with Crippen molar-refractivity contribution in [2.75, 3.05) is 0 Å². The maximum absolute atomic E-state index is 12.5. The second kappa shape index (κ2) is 7.21. The normalized spacial score (nSPS) is 12.3. The van der Waals surface area contributed by atoms with E-state index in [-0.39, 0.29) is 34.9 Å². The SMILES string of the molecule is C[C@H](NC(=O)Cn1c(Cl)nc2c1c(=O)n(C)c(=O)n2C)c1ccccc1Cl. The van der Waals surface area contributed by atoms with Gasteiger partial charge in [-0.3, -0.25) is 23.3 Å². The molecule has 0 unspecified atom stereocenters. The van der Waals surface area contributed by atoms with Gasteiger partial charge in [-0.1, -0.05) is 29.8 Å². The van der Waals surface area contributed by atoms with Gasteiger partial charge in [0.25, 0.3) is 5.56 Å². The molecule has 1 amide bonds. The van der Waals surface area contributed by atoms with Gasteiger partial charge in [-0.25, -0.2) is 4.79 Å². The zero-order chi connectivity index (χ0) is 19.9. The average molecular weight is 410 g/mol. The number of halogens is 2. The van der Waals surface area contributed by atoms with Crippen LogP contribution in [0.15, 0.2) is 33.9 Å². The molecule has 0 aliphatic heterocycles. The molecule has 0 aliphatic carbocycles. The summed E-state index contributed by atoms with van der Waals surface area (Å²) in [4.78, 5) is 41.1. The molecule has 2 heterocycles. The molecular weight excluding hydrogens is 393 g/mol. The molecule has 0 bridgehead atoms. The largest absolute Gasteiger partial charge is 0.348 e. The Morgan fingerprint density at radius 2 is 1.85 bits per heavy atom. The van der Waals surface area contributed by atoms with Crippen molar-refractivity contribution in [2.24, 2.45) is 14.1 Å². The second-order valence-corrected chi connectivity index (χ2v) is 6.90. The predicted molar refractivity (Wildman–Crippen MR) is 103 cm³/mol. The molecule has 10 heteroatoms. The molecule has 3 aromatic rings. The Morgan fingerprint density at radius 1 is 1.19 bits per heavy atom. The van der Waals surface area contributed by atoms with Crippen LogP contribution in [0, 0.1) is 0 Å². The first kappa shape index (κ1) is 19.2. The van der Waals surface area contributed by atoms with Crippen molar-refractivity contribution in [3.8, 4) is 0 Å². The molecule has 0 saturated carbocycles. The number of fused-ring (bicyclic) bond motifs is 1. The molecule has 8 nitrogen and oxygen atoms in total. The summed E-state index contributed by atoms with van der Waals surface area (Å²) in [5, 5.41) is 3.31. The summed E-state index contributed by atoms with van der Waals surface area (Å²) in [6.45, 7) is 1.58. The third-order valence-electron chi connectivity index (χ3n) is 4.35. The summed E-state index contributed by atoms with van der Waals surface area (Å²) in [7, 11) is 2.84. The Hall–Kier alpha value is -2.58. The smallest absolute Gasteiger partial charge is 0.332 e. The molecule has 0 fully saturated rings. The van der Waals surface area contributed by atoms with E-state index >= 15 is 0 Å². The van der Waals surface area contributed by atoms with Crippen LogP contribution in [0.3, 0.4) is 0 Å². The van der Waals surface area contributed by atoms with E-state index in [1.807, 2.05) is 12.1 Å². The van der Waals surface area contributed by atoms with Crippen molar-refractivity contribution in [1.82, 2.24) is 24.0 Å². The minimum atomic E-state index is -0.570. The lowest BCUT2D eigenvalue weighted by Crippen LogP contribution is -2.38. The van der Waals surface area contributed by atoms with Crippen LogP contribution in [0.4, 0.5) is 0 Å². The monoisotopic (exact) mass is 409 g/mol. The zero-order valence-corrected chi connectivity index (χ0v) is 16.4. The van der Waals surface area contributed by atoms with E-state index in [4.69, 9.17) is 23.2 Å². The number of aromatic nitrogens is 4. The Bertz CT molecular complexity index is 1160. The maximum atomic E-state index is 12.5. The van der Waals surface area contributed by atoms with E-state index in [0.29, 0.717) is 5.02 Å². The molecule has 2 aromatic heterocycles. The molecule has 1 aromatic carbocycles. The summed E-state index contributed by atoms with van der Waals surface area (Å²) in [6, 6.07) is 6.85. The van der Waals surface area contributed by atoms with Gasteiger partial charge in [-0.15, -0.1) is 0 Å². The van der Waals surface area contributed by atoms with Crippen LogP contribution in [0.25, 0.3) is 11.2 Å². The van der Waals surface area contributed by atoms with Gasteiger partial charge in [0.2, 0.25) is 11.2 Å². The zero-order valence-electron chi connectivity index (χ0n) is 14.9. The lowest BCUT2D eigenvalue weighted by Gasteiger charge is -2.16. The maximum Gasteiger partial charge on any atom is 0.332 e. The first-order chi connectivity index (χ1) is 12.7. The summed E-state index contributed by atoms with van der Waals surface area (Å²) >= 11 is 12.3. The van der Waals surface area contributed by atoms with Crippen LogP contribution < -0.4 is 16.6 Å². The predicted octanol–water partition coefficient (Wildman–Crippen LogP) is 1.62. The van der Waals surface area contributed by atoms with Gasteiger partial charge in [0.05, 0.1) is 6.04 Å². The van der Waals surface area contributed by atoms with E-state index in [9.17, 15) is 14.4 Å². The molecule has 1 atom stereocenters. The lowest BCUT2D eigenvalue weighted by atomic mass is 10.1. The fourth-order valence-corrected chi connectivity index (χ4v) is 3.42. The van der Waals surface area contributed by atoms with Gasteiger partial charge in [0.15, 0.2) is 11.2 Å². The third kappa shape index (κ3) is 3.38. The Labute approximate surface area is 163 Å². The number of benzene rings is 1. The topological polar surface area (TPSA) is 90.9 Å². The number of rotatable bonds is 4. The van der Waals surface area contributed by atoms with Gasteiger partial charge in [-0.05, 0) is 30.2 Å². The molecule has 27 heavy (non-hydrogen) atoms. The first-order valence-electron chi connectivity index (χ1n) is 8.08. The number of carbonyl (C=O) groups excluding carboxylic acids is 1. The quantitative estimate of drug-likeness (QED) is 0.662. The van der Waals surface area contributed by atoms with Crippen LogP contribution in [-0.2, 0) is 25.4 Å². The van der Waals surface area contributed by atoms with Gasteiger partial charge in [0.1, 0.15) is 6.54 Å². The first-order valence-corrected chi connectivity index (χ1v) is 8.83. The summed E-state index contributed by atoms with van der Waals surface area (Å²) in [5.41, 5.74) is -0.109. The van der Waals surface area contributed by atoms with Crippen LogP contribution in [0.1, 0.15) is 18.5 Å². The van der Waals surface area contributed by atoms with Crippen LogP contribution in [0.5, 0.6) is 0 Å². The van der Waals surface area contributed by atoms with Gasteiger partial charge in [-0.2, -0.15) is 4.98 Å². The summed E-state index contributed by atoms with van der Waals surface area (Å²) in [6.07, 6.45) is 0. The fourth-order valence-electron chi connectivity index (χ4n) is 2.90. The van der Waals surface area contributed by atoms with E-state index in [1.54, 1.807) is 19.1 Å². The van der Waals surface area contributed by atoms with Crippen molar-refractivity contribution >= 4 is 40.3 Å². The van der Waals surface area contributed by atoms with E-state index in [0.717, 1.165) is 10.1 Å². The number of imidazole rings is 1. The van der Waals surface area contributed by atoms with E-state index < -0.39 is 11.2 Å². The van der Waals surface area contributed by atoms with Gasteiger partial charge >= 0.3 is 5.69 Å². The number of hydrogen-bond acceptors (Lipinski definition) is 4. The van der Waals surface area contributed by atoms with Gasteiger partial charge < -0.3 is 5.32 Å². The average Bonchev–Trinajstić information content (AvgIpc) is 2.95. The highest BCUT2D eigenvalue weighted by Crippen LogP contribution is 2.22. The molecule has 1 N–H and O–H groups in total. The Balaban J connectivity index is 1.94. The number of nitrogens with one attached hydrogen (secondary N) is 1. The van der Waals surface area contributed by atoms with Crippen LogP contribution >= 0.6 is 23.2 Å². The summed E-state index contributed by atoms with van der Waals surface area (Å²) < 4.78 is 3.44. The van der Waals surface area contributed by atoms with Crippen LogP contribution in [0.2, 0.25) is 10.3 Å². The highest BCUT2D eigenvalue weighted by molar-refractivity contribution is 6.31. The van der Waals surface area contributed by atoms with Crippen molar-refractivity contribution in [1.29, 1.82) is 0 Å². The lowest BCUT2D eigenvalue weighted by molar-refractivity contribution is -0.122. The molecule has 0 saturated heterocycles. The molecular formula is C17H17Cl2N5O3. The number of amides is 1. The van der Waals surface area contributed by atoms with E-state index in [2.05, 4.69) is 10.3 Å². The van der Waals surface area contributed by atoms with E-state index in [1.165, 1.54) is 23.2 Å². The second-order valence-electron chi connectivity index (χ2n) is 6.16. The molecule has 0 spiro atoms. The third-order valence-corrected chi connectivity index (χ3v) is 4.99. The molecule has 3 rings (SSSR count). The number of aryl methyl sites for hydroxylation is 1. The standard InChI is InChI=1S/C17H17Cl2N5O3/c1-9(10-6-4-5-7-11(10)18)20-12(25)8-24-13-14(21-16(24)19)22(2)17(27)23(3)15(13)26/h4-7,9H,8H2,1-3H3,(H,20,25)/t9-/m0/s1. The number of nitrogens with zero attached hydrogens (tertiary/aromatic N) is 4. The Kier molecular flexibility index (Phi) is 5.12.